The highest BCUT2D eigenvalue weighted by Gasteiger charge is 2.32. The molecule has 2 aromatic carbocycles. The maximum Gasteiger partial charge on any atom is 0.416 e. The van der Waals surface area contributed by atoms with Crippen LogP contribution in [-0.4, -0.2) is 45.2 Å². The molecule has 1 aliphatic rings. The second-order valence-electron chi connectivity index (χ2n) is 8.63. The molecule has 0 bridgehead atoms. The van der Waals surface area contributed by atoms with Crippen LogP contribution in [-0.2, 0) is 6.18 Å². The molecule has 31 heavy (non-hydrogen) atoms. The molecule has 6 heteroatoms. The summed E-state index contributed by atoms with van der Waals surface area (Å²) in [6.07, 6.45) is -0.926. The lowest BCUT2D eigenvalue weighted by atomic mass is 9.80. The Morgan fingerprint density at radius 3 is 2.29 bits per heavy atom. The molecule has 3 rings (SSSR count). The normalized spacial score (nSPS) is 19.9. The van der Waals surface area contributed by atoms with Gasteiger partial charge >= 0.3 is 6.18 Å². The van der Waals surface area contributed by atoms with Crippen molar-refractivity contribution < 1.29 is 17.9 Å². The summed E-state index contributed by atoms with van der Waals surface area (Å²) in [5.74, 6) is 1.15. The Balaban J connectivity index is 1.71. The molecular weight excluding hydrogens is 401 g/mol. The van der Waals surface area contributed by atoms with Gasteiger partial charge in [0, 0.05) is 32.2 Å². The first kappa shape index (κ1) is 23.5. The van der Waals surface area contributed by atoms with Crippen LogP contribution in [0.4, 0.5) is 18.9 Å². The molecule has 0 saturated carbocycles. The lowest BCUT2D eigenvalue weighted by Gasteiger charge is -2.39. The SMILES string of the molecule is CCCCN1CCC(c2ccc(N(C)C)cc2)C(COc2ccc(C(F)(F)F)cc2)C1. The average molecular weight is 435 g/mol. The molecule has 0 aromatic heterocycles. The number of unbranched alkanes of at least 4 members (excludes halogenated alkanes) is 1. The number of anilines is 1. The first-order valence-corrected chi connectivity index (χ1v) is 11.1. The molecule has 0 aliphatic carbocycles. The first-order chi connectivity index (χ1) is 14.8. The van der Waals surface area contributed by atoms with Gasteiger partial charge in [0.15, 0.2) is 0 Å². The predicted molar refractivity (Wildman–Crippen MR) is 120 cm³/mol. The van der Waals surface area contributed by atoms with E-state index in [4.69, 9.17) is 4.74 Å². The van der Waals surface area contributed by atoms with Crippen LogP contribution in [0.5, 0.6) is 5.75 Å². The van der Waals surface area contributed by atoms with Crippen molar-refractivity contribution in [1.29, 1.82) is 0 Å². The lowest BCUT2D eigenvalue weighted by Crippen LogP contribution is -2.42. The Hall–Kier alpha value is -2.21. The summed E-state index contributed by atoms with van der Waals surface area (Å²) in [4.78, 5) is 4.58. The van der Waals surface area contributed by atoms with E-state index in [1.165, 1.54) is 36.2 Å². The topological polar surface area (TPSA) is 15.7 Å². The summed E-state index contributed by atoms with van der Waals surface area (Å²) >= 11 is 0. The Morgan fingerprint density at radius 1 is 1.03 bits per heavy atom. The minimum absolute atomic E-state index is 0.290. The number of hydrogen-bond donors (Lipinski definition) is 0. The van der Waals surface area contributed by atoms with E-state index in [1.807, 2.05) is 14.1 Å². The zero-order valence-corrected chi connectivity index (χ0v) is 18.7. The molecule has 1 heterocycles. The fraction of sp³-hybridized carbons (Fsp3) is 0.520. The summed E-state index contributed by atoms with van der Waals surface area (Å²) in [5, 5.41) is 0. The van der Waals surface area contributed by atoms with E-state index in [-0.39, 0.29) is 5.92 Å². The molecule has 3 nitrogen and oxygen atoms in total. The van der Waals surface area contributed by atoms with E-state index in [9.17, 15) is 13.2 Å². The highest BCUT2D eigenvalue weighted by Crippen LogP contribution is 2.35. The van der Waals surface area contributed by atoms with Gasteiger partial charge in [0.1, 0.15) is 5.75 Å². The van der Waals surface area contributed by atoms with Gasteiger partial charge in [0.05, 0.1) is 12.2 Å². The van der Waals surface area contributed by atoms with Gasteiger partial charge in [0.2, 0.25) is 0 Å². The number of benzene rings is 2. The summed E-state index contributed by atoms with van der Waals surface area (Å²) in [6, 6.07) is 13.7. The fourth-order valence-corrected chi connectivity index (χ4v) is 4.26. The lowest BCUT2D eigenvalue weighted by molar-refractivity contribution is -0.137. The van der Waals surface area contributed by atoms with Crippen molar-refractivity contribution in [2.24, 2.45) is 5.92 Å². The van der Waals surface area contributed by atoms with E-state index >= 15 is 0 Å². The Kier molecular flexibility index (Phi) is 7.87. The van der Waals surface area contributed by atoms with Crippen LogP contribution in [0.3, 0.4) is 0 Å². The van der Waals surface area contributed by atoms with Crippen LogP contribution < -0.4 is 9.64 Å². The van der Waals surface area contributed by atoms with Crippen LogP contribution in [0.1, 0.15) is 43.2 Å². The summed E-state index contributed by atoms with van der Waals surface area (Å²) in [5.41, 5.74) is 1.82. The van der Waals surface area contributed by atoms with Gasteiger partial charge < -0.3 is 14.5 Å². The molecule has 1 saturated heterocycles. The molecule has 1 fully saturated rings. The van der Waals surface area contributed by atoms with Crippen molar-refractivity contribution in [3.05, 3.63) is 59.7 Å². The van der Waals surface area contributed by atoms with E-state index in [1.54, 1.807) is 0 Å². The molecule has 2 unspecified atom stereocenters. The number of likely N-dealkylation sites (tertiary alicyclic amines) is 1. The van der Waals surface area contributed by atoms with Gasteiger partial charge in [-0.2, -0.15) is 13.2 Å². The van der Waals surface area contributed by atoms with Gasteiger partial charge in [-0.15, -0.1) is 0 Å². The predicted octanol–water partition coefficient (Wildman–Crippen LogP) is 6.06. The van der Waals surface area contributed by atoms with E-state index < -0.39 is 11.7 Å². The van der Waals surface area contributed by atoms with Crippen LogP contribution in [0.15, 0.2) is 48.5 Å². The van der Waals surface area contributed by atoms with E-state index in [0.29, 0.717) is 18.3 Å². The second-order valence-corrected chi connectivity index (χ2v) is 8.63. The number of rotatable bonds is 8. The van der Waals surface area contributed by atoms with Crippen molar-refractivity contribution >= 4 is 5.69 Å². The van der Waals surface area contributed by atoms with Crippen molar-refractivity contribution in [3.8, 4) is 5.75 Å². The summed E-state index contributed by atoms with van der Waals surface area (Å²) < 4.78 is 44.4. The highest BCUT2D eigenvalue weighted by atomic mass is 19.4. The quantitative estimate of drug-likeness (QED) is 0.503. The molecule has 0 amide bonds. The largest absolute Gasteiger partial charge is 0.493 e. The molecule has 2 atom stereocenters. The maximum absolute atomic E-state index is 12.8. The van der Waals surface area contributed by atoms with Gasteiger partial charge in [0.25, 0.3) is 0 Å². The monoisotopic (exact) mass is 434 g/mol. The molecule has 0 spiro atoms. The number of alkyl halides is 3. The first-order valence-electron chi connectivity index (χ1n) is 11.1. The summed E-state index contributed by atoms with van der Waals surface area (Å²) in [6.45, 7) is 5.79. The molecule has 1 aliphatic heterocycles. The summed E-state index contributed by atoms with van der Waals surface area (Å²) in [7, 11) is 4.06. The van der Waals surface area contributed by atoms with Gasteiger partial charge in [-0.1, -0.05) is 25.5 Å². The maximum atomic E-state index is 12.8. The number of ether oxygens (including phenoxy) is 1. The smallest absolute Gasteiger partial charge is 0.416 e. The number of piperidine rings is 1. The number of hydrogen-bond acceptors (Lipinski definition) is 3. The molecule has 170 valence electrons. The highest BCUT2D eigenvalue weighted by molar-refractivity contribution is 5.46. The average Bonchev–Trinajstić information content (AvgIpc) is 2.76. The third-order valence-corrected chi connectivity index (χ3v) is 6.13. The zero-order valence-electron chi connectivity index (χ0n) is 18.7. The Labute approximate surface area is 183 Å². The van der Waals surface area contributed by atoms with Gasteiger partial charge in [-0.3, -0.25) is 0 Å². The number of halogens is 3. The zero-order chi connectivity index (χ0) is 22.4. The standard InChI is InChI=1S/C25H33F3N2O/c1-4-5-15-30-16-14-24(19-6-10-22(11-7-19)29(2)3)20(17-30)18-31-23-12-8-21(9-13-23)25(26,27)28/h6-13,20,24H,4-5,14-18H2,1-3H3. The minimum Gasteiger partial charge on any atom is -0.493 e. The van der Waals surface area contributed by atoms with Crippen molar-refractivity contribution in [2.75, 3.05) is 45.2 Å². The van der Waals surface area contributed by atoms with E-state index in [0.717, 1.165) is 38.2 Å². The fourth-order valence-electron chi connectivity index (χ4n) is 4.26. The van der Waals surface area contributed by atoms with Gasteiger partial charge in [-0.25, -0.2) is 0 Å². The Morgan fingerprint density at radius 2 is 1.71 bits per heavy atom. The number of nitrogens with zero attached hydrogens (tertiary/aromatic N) is 2. The molecule has 0 N–H and O–H groups in total. The minimum atomic E-state index is -4.33. The van der Waals surface area contributed by atoms with Gasteiger partial charge in [-0.05, 0) is 73.8 Å². The van der Waals surface area contributed by atoms with Crippen LogP contribution in [0.2, 0.25) is 0 Å². The Bertz CT molecular complexity index is 803. The molecular formula is C25H33F3N2O. The van der Waals surface area contributed by atoms with Crippen LogP contribution in [0.25, 0.3) is 0 Å². The molecule has 2 aromatic rings. The van der Waals surface area contributed by atoms with Crippen LogP contribution >= 0.6 is 0 Å². The van der Waals surface area contributed by atoms with Crippen LogP contribution in [0, 0.1) is 5.92 Å². The van der Waals surface area contributed by atoms with Crippen molar-refractivity contribution in [2.45, 2.75) is 38.3 Å². The molecule has 0 radical (unpaired) electrons. The van der Waals surface area contributed by atoms with Crippen molar-refractivity contribution in [3.63, 3.8) is 0 Å². The van der Waals surface area contributed by atoms with Crippen molar-refractivity contribution in [1.82, 2.24) is 4.90 Å². The third-order valence-electron chi connectivity index (χ3n) is 6.13. The third kappa shape index (κ3) is 6.39. The second kappa shape index (κ2) is 10.4. The van der Waals surface area contributed by atoms with E-state index in [2.05, 4.69) is 41.0 Å².